The quantitative estimate of drug-likeness (QED) is 0.319. The summed E-state index contributed by atoms with van der Waals surface area (Å²) >= 11 is 0. The van der Waals surface area contributed by atoms with E-state index in [4.69, 9.17) is 9.47 Å². The number of benzene rings is 3. The van der Waals surface area contributed by atoms with Crippen molar-refractivity contribution in [3.63, 3.8) is 0 Å². The summed E-state index contributed by atoms with van der Waals surface area (Å²) in [6.07, 6.45) is -1.41. The highest BCUT2D eigenvalue weighted by atomic mass is 19.1. The number of hydrogen-bond acceptors (Lipinski definition) is 5. The van der Waals surface area contributed by atoms with E-state index in [9.17, 15) is 19.4 Å². The third kappa shape index (κ3) is 4.72. The molecular formula is C29H30FNO5. The van der Waals surface area contributed by atoms with Crippen LogP contribution in [0.5, 0.6) is 17.2 Å². The van der Waals surface area contributed by atoms with Crippen molar-refractivity contribution in [2.45, 2.75) is 39.2 Å². The Balaban J connectivity index is 2.07. The Labute approximate surface area is 209 Å². The van der Waals surface area contributed by atoms with Gasteiger partial charge >= 0.3 is 0 Å². The van der Waals surface area contributed by atoms with Crippen LogP contribution in [0.1, 0.15) is 43.6 Å². The lowest BCUT2D eigenvalue weighted by Crippen LogP contribution is -2.20. The molecule has 0 bridgehead atoms. The van der Waals surface area contributed by atoms with E-state index in [1.807, 2.05) is 19.1 Å². The van der Waals surface area contributed by atoms with Gasteiger partial charge in [0.2, 0.25) is 0 Å². The fourth-order valence-electron chi connectivity index (χ4n) is 4.29. The Morgan fingerprint density at radius 3 is 2.42 bits per heavy atom. The maximum Gasteiger partial charge on any atom is 0.195 e. The SMILES string of the molecule is COc1cc(F)ccc1Oc1cc(C(C)(C)C)cc(C)c1-c1[nH]c2ccccc2c(=O)c1[C@@H](O)CO. The van der Waals surface area contributed by atoms with E-state index in [2.05, 4.69) is 25.8 Å². The van der Waals surface area contributed by atoms with Crippen LogP contribution < -0.4 is 14.9 Å². The smallest absolute Gasteiger partial charge is 0.195 e. The van der Waals surface area contributed by atoms with Crippen LogP contribution in [0.4, 0.5) is 4.39 Å². The second kappa shape index (κ2) is 9.76. The molecule has 0 fully saturated rings. The Bertz CT molecular complexity index is 1490. The summed E-state index contributed by atoms with van der Waals surface area (Å²) in [5.41, 5.74) is 2.66. The van der Waals surface area contributed by atoms with Crippen LogP contribution in [0, 0.1) is 12.7 Å². The lowest BCUT2D eigenvalue weighted by atomic mass is 9.84. The molecule has 3 aromatic carbocycles. The highest BCUT2D eigenvalue weighted by Crippen LogP contribution is 2.43. The van der Waals surface area contributed by atoms with Crippen molar-refractivity contribution >= 4 is 10.9 Å². The van der Waals surface area contributed by atoms with Gasteiger partial charge in [0.1, 0.15) is 17.7 Å². The third-order valence-corrected chi connectivity index (χ3v) is 6.21. The average Bonchev–Trinajstić information content (AvgIpc) is 2.84. The van der Waals surface area contributed by atoms with Gasteiger partial charge in [-0.2, -0.15) is 0 Å². The number of H-pyrrole nitrogens is 1. The molecule has 188 valence electrons. The summed E-state index contributed by atoms with van der Waals surface area (Å²) < 4.78 is 25.5. The number of nitrogens with one attached hydrogen (secondary N) is 1. The number of aromatic nitrogens is 1. The zero-order chi connectivity index (χ0) is 26.2. The normalized spacial score (nSPS) is 12.6. The lowest BCUT2D eigenvalue weighted by Gasteiger charge is -2.25. The zero-order valence-corrected chi connectivity index (χ0v) is 21.0. The Morgan fingerprint density at radius 2 is 1.75 bits per heavy atom. The standard InChI is InChI=1S/C29H30FNO5/c1-16-12-17(29(2,3)4)13-24(36-22-11-10-18(30)14-23(22)35-5)25(16)27-26(21(33)15-32)28(34)19-8-6-7-9-20(19)31-27/h6-14,21,32-33H,15H2,1-5H3,(H,31,34)/t21-/m0/s1. The van der Waals surface area contributed by atoms with Crippen molar-refractivity contribution in [1.82, 2.24) is 4.98 Å². The van der Waals surface area contributed by atoms with E-state index >= 15 is 0 Å². The Morgan fingerprint density at radius 1 is 1.03 bits per heavy atom. The van der Waals surface area contributed by atoms with Crippen LogP contribution in [0.2, 0.25) is 0 Å². The molecule has 0 amide bonds. The van der Waals surface area contributed by atoms with Crippen LogP contribution in [0.3, 0.4) is 0 Å². The maximum atomic E-state index is 13.8. The first-order valence-corrected chi connectivity index (χ1v) is 11.7. The molecule has 0 saturated carbocycles. The number of aliphatic hydroxyl groups is 2. The summed E-state index contributed by atoms with van der Waals surface area (Å²) in [4.78, 5) is 16.8. The first-order chi connectivity index (χ1) is 17.0. The molecule has 0 saturated heterocycles. The van der Waals surface area contributed by atoms with Gasteiger partial charge < -0.3 is 24.7 Å². The van der Waals surface area contributed by atoms with Gasteiger partial charge in [0.15, 0.2) is 16.9 Å². The largest absolute Gasteiger partial charge is 0.493 e. The number of aryl methyl sites for hydroxylation is 1. The van der Waals surface area contributed by atoms with Gasteiger partial charge in [0.05, 0.1) is 25.0 Å². The molecule has 3 N–H and O–H groups in total. The van der Waals surface area contributed by atoms with Crippen molar-refractivity contribution < 1.29 is 24.1 Å². The van der Waals surface area contributed by atoms with E-state index in [0.29, 0.717) is 27.9 Å². The fraction of sp³-hybridized carbons (Fsp3) is 0.276. The van der Waals surface area contributed by atoms with Crippen LogP contribution in [0.15, 0.2) is 59.4 Å². The van der Waals surface area contributed by atoms with Gasteiger partial charge in [-0.3, -0.25) is 4.79 Å². The summed E-state index contributed by atoms with van der Waals surface area (Å²) in [7, 11) is 1.43. The lowest BCUT2D eigenvalue weighted by molar-refractivity contribution is 0.0952. The van der Waals surface area contributed by atoms with Gasteiger partial charge in [0, 0.05) is 22.5 Å². The van der Waals surface area contributed by atoms with Crippen LogP contribution in [0.25, 0.3) is 22.2 Å². The molecule has 6 nitrogen and oxygen atoms in total. The van der Waals surface area contributed by atoms with Crippen molar-refractivity contribution in [2.24, 2.45) is 0 Å². The Hall–Kier alpha value is -3.68. The van der Waals surface area contributed by atoms with Crippen molar-refractivity contribution in [2.75, 3.05) is 13.7 Å². The summed E-state index contributed by atoms with van der Waals surface area (Å²) in [6.45, 7) is 7.48. The number of aliphatic hydroxyl groups excluding tert-OH is 2. The Kier molecular flexibility index (Phi) is 6.89. The van der Waals surface area contributed by atoms with E-state index in [-0.39, 0.29) is 27.9 Å². The number of hydrogen-bond donors (Lipinski definition) is 3. The van der Waals surface area contributed by atoms with Gasteiger partial charge in [-0.15, -0.1) is 0 Å². The molecule has 1 aromatic heterocycles. The molecule has 0 spiro atoms. The van der Waals surface area contributed by atoms with Gasteiger partial charge in [0.25, 0.3) is 0 Å². The molecule has 0 aliphatic rings. The van der Waals surface area contributed by atoms with E-state index < -0.39 is 18.5 Å². The number of aromatic amines is 1. The number of methoxy groups -OCH3 is 1. The van der Waals surface area contributed by atoms with Gasteiger partial charge in [-0.05, 0) is 53.8 Å². The van der Waals surface area contributed by atoms with Crippen LogP contribution in [-0.4, -0.2) is 28.9 Å². The monoisotopic (exact) mass is 491 g/mol. The molecule has 0 unspecified atom stereocenters. The molecule has 4 rings (SSSR count). The fourth-order valence-corrected chi connectivity index (χ4v) is 4.29. The summed E-state index contributed by atoms with van der Waals surface area (Å²) in [6, 6.07) is 14.8. The highest BCUT2D eigenvalue weighted by Gasteiger charge is 2.26. The topological polar surface area (TPSA) is 91.8 Å². The predicted octanol–water partition coefficient (Wildman–Crippen LogP) is 5.77. The van der Waals surface area contributed by atoms with Crippen LogP contribution in [-0.2, 0) is 5.41 Å². The molecule has 0 radical (unpaired) electrons. The van der Waals surface area contributed by atoms with E-state index in [0.717, 1.165) is 11.1 Å². The molecule has 0 aliphatic heterocycles. The highest BCUT2D eigenvalue weighted by molar-refractivity contribution is 5.86. The molecule has 36 heavy (non-hydrogen) atoms. The molecule has 1 heterocycles. The first kappa shape index (κ1) is 25.4. The van der Waals surface area contributed by atoms with Crippen molar-refractivity contribution in [3.8, 4) is 28.5 Å². The van der Waals surface area contributed by atoms with Crippen molar-refractivity contribution in [3.05, 3.63) is 87.3 Å². The van der Waals surface area contributed by atoms with E-state index in [1.165, 1.54) is 25.3 Å². The van der Waals surface area contributed by atoms with Crippen molar-refractivity contribution in [1.29, 1.82) is 0 Å². The zero-order valence-electron chi connectivity index (χ0n) is 21.0. The summed E-state index contributed by atoms with van der Waals surface area (Å²) in [5.74, 6) is 0.425. The number of fused-ring (bicyclic) bond motifs is 1. The predicted molar refractivity (Wildman–Crippen MR) is 139 cm³/mol. The number of pyridine rings is 1. The minimum Gasteiger partial charge on any atom is -0.493 e. The van der Waals surface area contributed by atoms with Crippen LogP contribution >= 0.6 is 0 Å². The van der Waals surface area contributed by atoms with Gasteiger partial charge in [-0.25, -0.2) is 4.39 Å². The molecule has 0 aliphatic carbocycles. The average molecular weight is 492 g/mol. The second-order valence-electron chi connectivity index (χ2n) is 9.80. The number of halogens is 1. The maximum absolute atomic E-state index is 13.8. The third-order valence-electron chi connectivity index (χ3n) is 6.21. The number of rotatable bonds is 6. The minimum atomic E-state index is -1.41. The molecule has 7 heteroatoms. The molecule has 4 aromatic rings. The number of para-hydroxylation sites is 1. The second-order valence-corrected chi connectivity index (χ2v) is 9.80. The minimum absolute atomic E-state index is 0.0405. The van der Waals surface area contributed by atoms with E-state index in [1.54, 1.807) is 24.3 Å². The summed E-state index contributed by atoms with van der Waals surface area (Å²) in [5, 5.41) is 20.9. The number of ether oxygens (including phenoxy) is 2. The first-order valence-electron chi connectivity index (χ1n) is 11.7. The van der Waals surface area contributed by atoms with Gasteiger partial charge in [-0.1, -0.05) is 39.0 Å². The molecular weight excluding hydrogens is 461 g/mol. The molecule has 1 atom stereocenters.